The molecule has 2 unspecified atom stereocenters. The zero-order valence-electron chi connectivity index (χ0n) is 8.00. The van der Waals surface area contributed by atoms with Crippen LogP contribution in [0.4, 0.5) is 0 Å². The van der Waals surface area contributed by atoms with Gasteiger partial charge in [0.15, 0.2) is 6.29 Å². The van der Waals surface area contributed by atoms with E-state index < -0.39 is 45.1 Å². The molecule has 0 aromatic rings. The molecular formula is C6H12NO8P-2. The van der Waals surface area contributed by atoms with E-state index in [1.807, 2.05) is 0 Å². The quantitative estimate of drug-likeness (QED) is 0.364. The molecule has 16 heavy (non-hydrogen) atoms. The standard InChI is InChI=1S/C6H14NO8P/c7-3-5(10)4(9)2(1-8)14-6(3)15-16(11,12)13/h2-6,8-10H,1,7H2,(H2,11,12,13)/p-2/t2?,3?,4-,5+,6-/m0/s1. The number of hydrogen-bond acceptors (Lipinski definition) is 9. The Kier molecular flexibility index (Phi) is 4.41. The van der Waals surface area contributed by atoms with E-state index in [0.29, 0.717) is 0 Å². The SMILES string of the molecule is NC1[C@H](OP(=O)([O-])[O-])OC(CO)[C@H](O)[C@@H]1O. The summed E-state index contributed by atoms with van der Waals surface area (Å²) in [6, 6.07) is -1.41. The molecule has 0 spiro atoms. The molecular weight excluding hydrogens is 245 g/mol. The second-order valence-electron chi connectivity index (χ2n) is 3.34. The highest BCUT2D eigenvalue weighted by atomic mass is 31.2. The molecule has 1 aliphatic rings. The van der Waals surface area contributed by atoms with E-state index >= 15 is 0 Å². The highest BCUT2D eigenvalue weighted by molar-refractivity contribution is 7.43. The number of phosphoric ester groups is 1. The molecule has 1 saturated heterocycles. The van der Waals surface area contributed by atoms with Crippen LogP contribution < -0.4 is 15.5 Å². The van der Waals surface area contributed by atoms with Crippen molar-refractivity contribution in [3.05, 3.63) is 0 Å². The molecule has 0 aromatic carbocycles. The van der Waals surface area contributed by atoms with Crippen LogP contribution in [-0.2, 0) is 13.8 Å². The Morgan fingerprint density at radius 1 is 1.38 bits per heavy atom. The van der Waals surface area contributed by atoms with E-state index in [0.717, 1.165) is 0 Å². The molecule has 0 amide bonds. The van der Waals surface area contributed by atoms with E-state index in [1.165, 1.54) is 0 Å². The lowest BCUT2D eigenvalue weighted by Crippen LogP contribution is -2.62. The van der Waals surface area contributed by atoms with Crippen LogP contribution in [0.5, 0.6) is 0 Å². The van der Waals surface area contributed by atoms with Crippen molar-refractivity contribution in [2.75, 3.05) is 6.61 Å². The van der Waals surface area contributed by atoms with Crippen LogP contribution in [0.3, 0.4) is 0 Å². The fourth-order valence-electron chi connectivity index (χ4n) is 1.33. The molecule has 5 atom stereocenters. The molecule has 96 valence electrons. The Morgan fingerprint density at radius 3 is 2.38 bits per heavy atom. The molecule has 0 radical (unpaired) electrons. The zero-order chi connectivity index (χ0) is 12.5. The van der Waals surface area contributed by atoms with Crippen molar-refractivity contribution < 1.29 is 38.9 Å². The summed E-state index contributed by atoms with van der Waals surface area (Å²) in [4.78, 5) is 20.7. The van der Waals surface area contributed by atoms with Gasteiger partial charge in [-0.2, -0.15) is 0 Å². The minimum absolute atomic E-state index is 0.688. The van der Waals surface area contributed by atoms with Crippen LogP contribution in [0.1, 0.15) is 0 Å². The number of ether oxygens (including phenoxy) is 1. The van der Waals surface area contributed by atoms with Gasteiger partial charge in [-0.3, -0.25) is 0 Å². The van der Waals surface area contributed by atoms with Gasteiger partial charge < -0.3 is 44.7 Å². The first-order chi connectivity index (χ1) is 7.26. The Hall–Kier alpha value is -0.0900. The van der Waals surface area contributed by atoms with Gasteiger partial charge >= 0.3 is 0 Å². The Bertz CT molecular complexity index is 280. The molecule has 0 saturated carbocycles. The third kappa shape index (κ3) is 3.20. The smallest absolute Gasteiger partial charge is 0.180 e. The van der Waals surface area contributed by atoms with Crippen molar-refractivity contribution in [1.82, 2.24) is 0 Å². The zero-order valence-corrected chi connectivity index (χ0v) is 8.90. The van der Waals surface area contributed by atoms with Crippen LogP contribution in [0, 0.1) is 0 Å². The second kappa shape index (κ2) is 5.05. The molecule has 0 bridgehead atoms. The minimum atomic E-state index is -5.33. The van der Waals surface area contributed by atoms with Crippen molar-refractivity contribution in [3.63, 3.8) is 0 Å². The molecule has 1 heterocycles. The van der Waals surface area contributed by atoms with Crippen molar-refractivity contribution in [2.24, 2.45) is 5.73 Å². The summed E-state index contributed by atoms with van der Waals surface area (Å²) in [6.45, 7) is -0.688. The van der Waals surface area contributed by atoms with Gasteiger partial charge in [-0.25, -0.2) is 0 Å². The largest absolute Gasteiger partial charge is 0.790 e. The maximum Gasteiger partial charge on any atom is 0.180 e. The molecule has 5 N–H and O–H groups in total. The van der Waals surface area contributed by atoms with Crippen LogP contribution in [0.15, 0.2) is 0 Å². The molecule has 1 fully saturated rings. The highest BCUT2D eigenvalue weighted by Gasteiger charge is 2.43. The van der Waals surface area contributed by atoms with Crippen molar-refractivity contribution in [2.45, 2.75) is 30.6 Å². The van der Waals surface area contributed by atoms with Crippen LogP contribution in [-0.4, -0.2) is 52.6 Å². The predicted molar refractivity (Wildman–Crippen MR) is 44.4 cm³/mol. The number of rotatable bonds is 3. The first-order valence-corrected chi connectivity index (χ1v) is 5.81. The van der Waals surface area contributed by atoms with Gasteiger partial charge in [0.1, 0.15) is 18.3 Å². The molecule has 0 aliphatic carbocycles. The van der Waals surface area contributed by atoms with Crippen LogP contribution in [0.2, 0.25) is 0 Å². The van der Waals surface area contributed by atoms with Crippen molar-refractivity contribution >= 4 is 7.82 Å². The lowest BCUT2D eigenvalue weighted by molar-refractivity contribution is -0.361. The van der Waals surface area contributed by atoms with Crippen LogP contribution in [0.25, 0.3) is 0 Å². The summed E-state index contributed by atoms with van der Waals surface area (Å²) in [5.41, 5.74) is 5.30. The second-order valence-corrected chi connectivity index (χ2v) is 4.44. The van der Waals surface area contributed by atoms with E-state index in [2.05, 4.69) is 4.52 Å². The van der Waals surface area contributed by atoms with E-state index in [-0.39, 0.29) is 0 Å². The van der Waals surface area contributed by atoms with E-state index in [4.69, 9.17) is 15.6 Å². The maximum absolute atomic E-state index is 10.3. The van der Waals surface area contributed by atoms with Gasteiger partial charge in [0.2, 0.25) is 0 Å². The summed E-state index contributed by atoms with van der Waals surface area (Å²) in [5.74, 6) is 0. The Balaban J connectivity index is 2.75. The van der Waals surface area contributed by atoms with Crippen molar-refractivity contribution in [1.29, 1.82) is 0 Å². The summed E-state index contributed by atoms with van der Waals surface area (Å²) < 4.78 is 19.0. The lowest BCUT2D eigenvalue weighted by Gasteiger charge is -2.43. The first kappa shape index (κ1) is 14.0. The molecule has 1 rings (SSSR count). The summed E-state index contributed by atoms with van der Waals surface area (Å²) in [7, 11) is -5.33. The topological polar surface area (TPSA) is 168 Å². The van der Waals surface area contributed by atoms with Gasteiger partial charge in [-0.1, -0.05) is 0 Å². The van der Waals surface area contributed by atoms with Gasteiger partial charge in [0, 0.05) is 0 Å². The minimum Gasteiger partial charge on any atom is -0.790 e. The highest BCUT2D eigenvalue weighted by Crippen LogP contribution is 2.32. The van der Waals surface area contributed by atoms with Crippen LogP contribution >= 0.6 is 7.82 Å². The fraction of sp³-hybridized carbons (Fsp3) is 1.00. The monoisotopic (exact) mass is 257 g/mol. The van der Waals surface area contributed by atoms with Gasteiger partial charge in [0.25, 0.3) is 0 Å². The molecule has 0 aromatic heterocycles. The fourth-order valence-corrected chi connectivity index (χ4v) is 1.77. The summed E-state index contributed by atoms with van der Waals surface area (Å²) >= 11 is 0. The number of nitrogens with two attached hydrogens (primary N) is 1. The summed E-state index contributed by atoms with van der Waals surface area (Å²) in [5, 5.41) is 27.5. The Labute approximate surface area is 90.6 Å². The Morgan fingerprint density at radius 2 is 1.94 bits per heavy atom. The molecule has 9 nitrogen and oxygen atoms in total. The lowest BCUT2D eigenvalue weighted by atomic mass is 9.98. The predicted octanol–water partition coefficient (Wildman–Crippen LogP) is -4.40. The van der Waals surface area contributed by atoms with E-state index in [1.54, 1.807) is 0 Å². The molecule has 1 aliphatic heterocycles. The third-order valence-corrected chi connectivity index (χ3v) is 2.63. The summed E-state index contributed by atoms with van der Waals surface area (Å²) in [6.07, 6.45) is -6.05. The number of aliphatic hydroxyl groups is 3. The third-order valence-electron chi connectivity index (χ3n) is 2.16. The maximum atomic E-state index is 10.3. The average molecular weight is 257 g/mol. The van der Waals surface area contributed by atoms with E-state index in [9.17, 15) is 24.6 Å². The first-order valence-electron chi connectivity index (χ1n) is 4.34. The van der Waals surface area contributed by atoms with Crippen molar-refractivity contribution in [3.8, 4) is 0 Å². The normalized spacial score (nSPS) is 41.0. The number of phosphoric acid groups is 1. The van der Waals surface area contributed by atoms with Gasteiger partial charge in [0.05, 0.1) is 20.5 Å². The van der Waals surface area contributed by atoms with Gasteiger partial charge in [-0.05, 0) is 0 Å². The van der Waals surface area contributed by atoms with Gasteiger partial charge in [-0.15, -0.1) is 0 Å². The number of hydrogen-bond donors (Lipinski definition) is 4. The average Bonchev–Trinajstić information content (AvgIpc) is 2.17. The molecule has 10 heteroatoms. The number of aliphatic hydroxyl groups excluding tert-OH is 3.